The summed E-state index contributed by atoms with van der Waals surface area (Å²) in [7, 11) is 0. The van der Waals surface area contributed by atoms with Gasteiger partial charge in [-0.15, -0.1) is 22.7 Å². The van der Waals surface area contributed by atoms with Gasteiger partial charge >= 0.3 is 5.97 Å². The SMILES string of the molecule is O=C(O)CCC(=O)c1cc(-c2cncc3sccc23)cs1. The number of carboxylic acids is 1. The lowest BCUT2D eigenvalue weighted by Crippen LogP contribution is -2.01. The summed E-state index contributed by atoms with van der Waals surface area (Å²) in [5.41, 5.74) is 1.96. The van der Waals surface area contributed by atoms with Crippen LogP contribution < -0.4 is 0 Å². The van der Waals surface area contributed by atoms with Crippen molar-refractivity contribution in [3.8, 4) is 11.1 Å². The van der Waals surface area contributed by atoms with E-state index in [2.05, 4.69) is 4.98 Å². The average molecular weight is 317 g/mol. The number of ketones is 1. The lowest BCUT2D eigenvalue weighted by atomic mass is 10.1. The van der Waals surface area contributed by atoms with Crippen LogP contribution in [0.1, 0.15) is 22.5 Å². The number of aromatic nitrogens is 1. The highest BCUT2D eigenvalue weighted by atomic mass is 32.1. The van der Waals surface area contributed by atoms with Gasteiger partial charge < -0.3 is 5.11 Å². The highest BCUT2D eigenvalue weighted by Crippen LogP contribution is 2.33. The minimum Gasteiger partial charge on any atom is -0.481 e. The first-order valence-corrected chi connectivity index (χ1v) is 8.06. The molecule has 0 saturated heterocycles. The van der Waals surface area contributed by atoms with Crippen LogP contribution in [-0.4, -0.2) is 21.8 Å². The van der Waals surface area contributed by atoms with E-state index in [1.54, 1.807) is 17.5 Å². The van der Waals surface area contributed by atoms with E-state index in [0.29, 0.717) is 4.88 Å². The molecule has 106 valence electrons. The maximum absolute atomic E-state index is 11.9. The second-order valence-corrected chi connectivity index (χ2v) is 6.39. The molecule has 0 fully saturated rings. The zero-order valence-electron chi connectivity index (χ0n) is 10.9. The normalized spacial score (nSPS) is 10.9. The van der Waals surface area contributed by atoms with Crippen molar-refractivity contribution in [2.75, 3.05) is 0 Å². The monoisotopic (exact) mass is 317 g/mol. The van der Waals surface area contributed by atoms with Crippen LogP contribution >= 0.6 is 22.7 Å². The minimum absolute atomic E-state index is 0.0379. The lowest BCUT2D eigenvalue weighted by molar-refractivity contribution is -0.136. The first-order chi connectivity index (χ1) is 10.1. The Bertz CT molecular complexity index is 819. The fraction of sp³-hybridized carbons (Fsp3) is 0.133. The van der Waals surface area contributed by atoms with Crippen LogP contribution in [0.15, 0.2) is 35.3 Å². The summed E-state index contributed by atoms with van der Waals surface area (Å²) in [6, 6.07) is 3.86. The van der Waals surface area contributed by atoms with Crippen LogP contribution in [0, 0.1) is 0 Å². The van der Waals surface area contributed by atoms with Gasteiger partial charge in [0, 0.05) is 29.8 Å². The first kappa shape index (κ1) is 13.9. The van der Waals surface area contributed by atoms with E-state index < -0.39 is 5.97 Å². The zero-order chi connectivity index (χ0) is 14.8. The van der Waals surface area contributed by atoms with E-state index in [4.69, 9.17) is 5.11 Å². The van der Waals surface area contributed by atoms with Gasteiger partial charge in [0.05, 0.1) is 16.0 Å². The Morgan fingerprint density at radius 3 is 2.86 bits per heavy atom. The van der Waals surface area contributed by atoms with Gasteiger partial charge in [-0.3, -0.25) is 14.6 Å². The molecule has 0 radical (unpaired) electrons. The molecule has 0 aliphatic heterocycles. The number of thiophene rings is 2. The van der Waals surface area contributed by atoms with Crippen molar-refractivity contribution in [1.82, 2.24) is 4.98 Å². The Balaban J connectivity index is 1.89. The lowest BCUT2D eigenvalue weighted by Gasteiger charge is -1.99. The standard InChI is InChI=1S/C15H11NO3S2/c17-12(1-2-15(18)19)13-5-9(8-21-13)11-6-16-7-14-10(11)3-4-20-14/h3-8H,1-2H2,(H,18,19). The second-order valence-electron chi connectivity index (χ2n) is 4.54. The van der Waals surface area contributed by atoms with Gasteiger partial charge in [0.2, 0.25) is 0 Å². The van der Waals surface area contributed by atoms with Crippen molar-refractivity contribution in [2.24, 2.45) is 0 Å². The van der Waals surface area contributed by atoms with Crippen LogP contribution in [-0.2, 0) is 4.79 Å². The smallest absolute Gasteiger partial charge is 0.303 e. The molecule has 1 N–H and O–H groups in total. The third kappa shape index (κ3) is 2.86. The number of aliphatic carboxylic acids is 1. The van der Waals surface area contributed by atoms with E-state index in [1.165, 1.54) is 11.3 Å². The summed E-state index contributed by atoms with van der Waals surface area (Å²) in [6.45, 7) is 0. The Morgan fingerprint density at radius 2 is 2.05 bits per heavy atom. The molecule has 6 heteroatoms. The van der Waals surface area contributed by atoms with Gasteiger partial charge in [0.15, 0.2) is 5.78 Å². The number of hydrogen-bond donors (Lipinski definition) is 1. The van der Waals surface area contributed by atoms with Crippen LogP contribution in [0.5, 0.6) is 0 Å². The highest BCUT2D eigenvalue weighted by molar-refractivity contribution is 7.17. The Labute approximate surface area is 128 Å². The van der Waals surface area contributed by atoms with Crippen LogP contribution in [0.4, 0.5) is 0 Å². The van der Waals surface area contributed by atoms with E-state index in [1.807, 2.05) is 29.1 Å². The fourth-order valence-electron chi connectivity index (χ4n) is 2.09. The molecule has 0 aliphatic carbocycles. The average Bonchev–Trinajstić information content (AvgIpc) is 3.12. The number of carbonyl (C=O) groups excluding carboxylic acids is 1. The van der Waals surface area contributed by atoms with E-state index in [9.17, 15) is 9.59 Å². The number of carbonyl (C=O) groups is 2. The number of carboxylic acid groups (broad SMARTS) is 1. The molecule has 3 aromatic heterocycles. The molecule has 3 aromatic rings. The van der Waals surface area contributed by atoms with Crippen LogP contribution in [0.25, 0.3) is 21.2 Å². The minimum atomic E-state index is -0.952. The third-order valence-electron chi connectivity index (χ3n) is 3.13. The molecule has 0 aromatic carbocycles. The predicted molar refractivity (Wildman–Crippen MR) is 84.1 cm³/mol. The summed E-state index contributed by atoms with van der Waals surface area (Å²) in [5.74, 6) is -1.08. The molecule has 0 amide bonds. The molecule has 3 rings (SSSR count). The van der Waals surface area contributed by atoms with E-state index in [0.717, 1.165) is 21.2 Å². The Kier molecular flexibility index (Phi) is 3.81. The summed E-state index contributed by atoms with van der Waals surface area (Å²) >= 11 is 2.98. The van der Waals surface area contributed by atoms with Gasteiger partial charge in [-0.2, -0.15) is 0 Å². The Hall–Kier alpha value is -2.05. The maximum Gasteiger partial charge on any atom is 0.303 e. The number of rotatable bonds is 5. The van der Waals surface area contributed by atoms with Gasteiger partial charge in [0.25, 0.3) is 0 Å². The number of pyridine rings is 1. The molecule has 3 heterocycles. The molecule has 0 aliphatic rings. The molecule has 0 bridgehead atoms. The van der Waals surface area contributed by atoms with Crippen molar-refractivity contribution in [1.29, 1.82) is 0 Å². The van der Waals surface area contributed by atoms with Crippen LogP contribution in [0.2, 0.25) is 0 Å². The molecular weight excluding hydrogens is 306 g/mol. The van der Waals surface area contributed by atoms with Gasteiger partial charge in [-0.1, -0.05) is 0 Å². The molecule has 0 atom stereocenters. The Morgan fingerprint density at radius 1 is 1.19 bits per heavy atom. The molecule has 21 heavy (non-hydrogen) atoms. The van der Waals surface area contributed by atoms with E-state index >= 15 is 0 Å². The van der Waals surface area contributed by atoms with Crippen molar-refractivity contribution in [2.45, 2.75) is 12.8 Å². The summed E-state index contributed by atoms with van der Waals surface area (Å²) in [4.78, 5) is 27.3. The second kappa shape index (κ2) is 5.75. The number of Topliss-reactive ketones (excluding diaryl/α,β-unsaturated/α-hetero) is 1. The summed E-state index contributed by atoms with van der Waals surface area (Å²) in [6.07, 6.45) is 3.53. The number of hydrogen-bond acceptors (Lipinski definition) is 5. The quantitative estimate of drug-likeness (QED) is 0.720. The van der Waals surface area contributed by atoms with Crippen molar-refractivity contribution in [3.05, 3.63) is 40.2 Å². The summed E-state index contributed by atoms with van der Waals surface area (Å²) < 4.78 is 1.11. The fourth-order valence-corrected chi connectivity index (χ4v) is 3.74. The molecule has 4 nitrogen and oxygen atoms in total. The largest absolute Gasteiger partial charge is 0.481 e. The topological polar surface area (TPSA) is 67.3 Å². The van der Waals surface area contributed by atoms with Gasteiger partial charge in [0.1, 0.15) is 0 Å². The van der Waals surface area contributed by atoms with Crippen molar-refractivity contribution >= 4 is 44.5 Å². The zero-order valence-corrected chi connectivity index (χ0v) is 12.5. The van der Waals surface area contributed by atoms with Crippen LogP contribution in [0.3, 0.4) is 0 Å². The maximum atomic E-state index is 11.9. The van der Waals surface area contributed by atoms with Gasteiger partial charge in [-0.05, 0) is 28.5 Å². The van der Waals surface area contributed by atoms with Gasteiger partial charge in [-0.25, -0.2) is 0 Å². The van der Waals surface area contributed by atoms with Crippen molar-refractivity contribution < 1.29 is 14.7 Å². The molecule has 0 saturated carbocycles. The number of fused-ring (bicyclic) bond motifs is 1. The van der Waals surface area contributed by atoms with E-state index in [-0.39, 0.29) is 18.6 Å². The number of nitrogens with zero attached hydrogens (tertiary/aromatic N) is 1. The molecular formula is C15H11NO3S2. The molecule has 0 spiro atoms. The predicted octanol–water partition coefficient (Wildman–Crippen LogP) is 4.07. The highest BCUT2D eigenvalue weighted by Gasteiger charge is 2.13. The van der Waals surface area contributed by atoms with Crippen molar-refractivity contribution in [3.63, 3.8) is 0 Å². The first-order valence-electron chi connectivity index (χ1n) is 6.30. The summed E-state index contributed by atoms with van der Waals surface area (Å²) in [5, 5.41) is 13.7. The molecule has 0 unspecified atom stereocenters. The third-order valence-corrected chi connectivity index (χ3v) is 4.95.